The van der Waals surface area contributed by atoms with Crippen LogP contribution in [0.4, 0.5) is 0 Å². The van der Waals surface area contributed by atoms with Gasteiger partial charge in [-0.2, -0.15) is 0 Å². The Morgan fingerprint density at radius 2 is 1.78 bits per heavy atom. The summed E-state index contributed by atoms with van der Waals surface area (Å²) in [6.07, 6.45) is 5.81. The van der Waals surface area contributed by atoms with Crippen LogP contribution >= 0.6 is 11.6 Å². The number of hydrogen-bond acceptors (Lipinski definition) is 3. The largest absolute Gasteiger partial charge is 0.349 e. The third-order valence-corrected chi connectivity index (χ3v) is 8.94. The van der Waals surface area contributed by atoms with E-state index < -0.39 is 10.0 Å². The summed E-state index contributed by atoms with van der Waals surface area (Å²) < 4.78 is 27.2. The molecule has 1 atom stereocenters. The molecule has 1 aliphatic carbocycles. The average molecular weight is 475 g/mol. The van der Waals surface area contributed by atoms with Crippen LogP contribution < -0.4 is 5.32 Å². The van der Waals surface area contributed by atoms with Crippen LogP contribution in [0.1, 0.15) is 60.9 Å². The Labute approximate surface area is 196 Å². The van der Waals surface area contributed by atoms with Crippen LogP contribution in [0.2, 0.25) is 5.02 Å². The van der Waals surface area contributed by atoms with Crippen molar-refractivity contribution >= 4 is 27.5 Å². The highest BCUT2D eigenvalue weighted by atomic mass is 35.5. The molecule has 1 N–H and O–H groups in total. The smallest absolute Gasteiger partial charge is 0.223 e. The summed E-state index contributed by atoms with van der Waals surface area (Å²) in [6, 6.07) is 13.5. The van der Waals surface area contributed by atoms with E-state index in [4.69, 9.17) is 11.6 Å². The normalized spacial score (nSPS) is 18.7. The van der Waals surface area contributed by atoms with Crippen molar-refractivity contribution < 1.29 is 13.2 Å². The van der Waals surface area contributed by atoms with Gasteiger partial charge in [-0.3, -0.25) is 4.79 Å². The van der Waals surface area contributed by atoms with Crippen LogP contribution in [0, 0.1) is 5.92 Å². The quantitative estimate of drug-likeness (QED) is 0.663. The zero-order valence-corrected chi connectivity index (χ0v) is 20.1. The molecule has 2 aliphatic rings. The van der Waals surface area contributed by atoms with E-state index in [9.17, 15) is 13.2 Å². The molecule has 0 bridgehead atoms. The Morgan fingerprint density at radius 3 is 2.50 bits per heavy atom. The standard InChI is InChI=1S/C25H31ClN2O3S/c1-18(21-11-10-19-6-2-3-7-22(19)16-21)27-25(29)20-12-14-28(15-13-20)32(30,31)17-23-8-4-5-9-24(23)26/h4-5,8-11,16,18,20H,2-3,6-7,12-15,17H2,1H3,(H,27,29). The molecule has 4 rings (SSSR count). The first kappa shape index (κ1) is 23.3. The number of halogens is 1. The fraction of sp³-hybridized carbons (Fsp3) is 0.480. The summed E-state index contributed by atoms with van der Waals surface area (Å²) in [5.41, 5.74) is 4.59. The lowest BCUT2D eigenvalue weighted by atomic mass is 9.89. The first-order valence-corrected chi connectivity index (χ1v) is 13.5. The zero-order chi connectivity index (χ0) is 22.7. The fourth-order valence-corrected chi connectivity index (χ4v) is 6.61. The predicted molar refractivity (Wildman–Crippen MR) is 128 cm³/mol. The molecule has 0 saturated carbocycles. The lowest BCUT2D eigenvalue weighted by Crippen LogP contribution is -2.43. The number of fused-ring (bicyclic) bond motifs is 1. The minimum atomic E-state index is -3.47. The van der Waals surface area contributed by atoms with E-state index in [0.717, 1.165) is 18.4 Å². The van der Waals surface area contributed by atoms with Gasteiger partial charge in [-0.1, -0.05) is 48.0 Å². The van der Waals surface area contributed by atoms with Crippen molar-refractivity contribution in [3.05, 3.63) is 69.7 Å². The maximum absolute atomic E-state index is 12.9. The highest BCUT2D eigenvalue weighted by molar-refractivity contribution is 7.88. The molecule has 1 aliphatic heterocycles. The van der Waals surface area contributed by atoms with Gasteiger partial charge in [0.05, 0.1) is 11.8 Å². The second-order valence-corrected chi connectivity index (χ2v) is 11.4. The van der Waals surface area contributed by atoms with E-state index in [1.807, 2.05) is 6.92 Å². The van der Waals surface area contributed by atoms with Crippen molar-refractivity contribution in [2.24, 2.45) is 5.92 Å². The number of sulfonamides is 1. The third-order valence-electron chi connectivity index (χ3n) is 6.75. The highest BCUT2D eigenvalue weighted by Gasteiger charge is 2.32. The fourth-order valence-electron chi connectivity index (χ4n) is 4.74. The third kappa shape index (κ3) is 5.36. The van der Waals surface area contributed by atoms with Gasteiger partial charge in [0.2, 0.25) is 15.9 Å². The molecule has 7 heteroatoms. The Morgan fingerprint density at radius 1 is 1.09 bits per heavy atom. The van der Waals surface area contributed by atoms with Crippen molar-refractivity contribution in [1.82, 2.24) is 9.62 Å². The minimum Gasteiger partial charge on any atom is -0.349 e. The number of nitrogens with zero attached hydrogens (tertiary/aromatic N) is 1. The van der Waals surface area contributed by atoms with Crippen LogP contribution in [0.15, 0.2) is 42.5 Å². The van der Waals surface area contributed by atoms with Crippen molar-refractivity contribution in [2.45, 2.75) is 57.2 Å². The van der Waals surface area contributed by atoms with Crippen molar-refractivity contribution in [2.75, 3.05) is 13.1 Å². The van der Waals surface area contributed by atoms with Gasteiger partial charge in [0.1, 0.15) is 0 Å². The minimum absolute atomic E-state index is 0.0124. The molecule has 32 heavy (non-hydrogen) atoms. The molecule has 1 fully saturated rings. The van der Waals surface area contributed by atoms with Gasteiger partial charge in [0, 0.05) is 24.0 Å². The van der Waals surface area contributed by atoms with Gasteiger partial charge in [-0.15, -0.1) is 0 Å². The lowest BCUT2D eigenvalue weighted by molar-refractivity contribution is -0.126. The molecule has 2 aromatic carbocycles. The van der Waals surface area contributed by atoms with Gasteiger partial charge in [-0.05, 0) is 73.8 Å². The molecule has 1 unspecified atom stereocenters. The van der Waals surface area contributed by atoms with Gasteiger partial charge in [0.15, 0.2) is 0 Å². The van der Waals surface area contributed by atoms with Crippen molar-refractivity contribution in [3.8, 4) is 0 Å². The van der Waals surface area contributed by atoms with Crippen LogP contribution in [-0.4, -0.2) is 31.7 Å². The molecule has 0 spiro atoms. The molecule has 2 aromatic rings. The first-order valence-electron chi connectivity index (χ1n) is 11.5. The molecular weight excluding hydrogens is 444 g/mol. The Hall–Kier alpha value is -1.89. The number of aryl methyl sites for hydroxylation is 2. The maximum Gasteiger partial charge on any atom is 0.223 e. The van der Waals surface area contributed by atoms with Crippen LogP contribution in [0.25, 0.3) is 0 Å². The first-order chi connectivity index (χ1) is 15.3. The summed E-state index contributed by atoms with van der Waals surface area (Å²) in [4.78, 5) is 12.9. The SMILES string of the molecule is CC(NC(=O)C1CCN(S(=O)(=O)Cc2ccccc2Cl)CC1)c1ccc2c(c1)CCCC2. The topological polar surface area (TPSA) is 66.5 Å². The molecular formula is C25H31ClN2O3S. The number of carbonyl (C=O) groups is 1. The van der Waals surface area contributed by atoms with Crippen molar-refractivity contribution in [1.29, 1.82) is 0 Å². The predicted octanol–water partition coefficient (Wildman–Crippen LogP) is 4.64. The molecule has 0 radical (unpaired) electrons. The molecule has 1 heterocycles. The number of piperidine rings is 1. The summed E-state index contributed by atoms with van der Waals surface area (Å²) in [5.74, 6) is -0.265. The maximum atomic E-state index is 12.9. The van der Waals surface area contributed by atoms with Crippen LogP contribution in [-0.2, 0) is 33.4 Å². The zero-order valence-electron chi connectivity index (χ0n) is 18.5. The van der Waals surface area contributed by atoms with Gasteiger partial charge >= 0.3 is 0 Å². The second kappa shape index (κ2) is 9.94. The van der Waals surface area contributed by atoms with Crippen LogP contribution in [0.3, 0.4) is 0 Å². The summed E-state index contributed by atoms with van der Waals surface area (Å²) in [7, 11) is -3.47. The summed E-state index contributed by atoms with van der Waals surface area (Å²) >= 11 is 6.14. The number of benzene rings is 2. The number of rotatable bonds is 6. The Kier molecular flexibility index (Phi) is 7.23. The van der Waals surface area contributed by atoms with E-state index >= 15 is 0 Å². The van der Waals surface area contributed by atoms with E-state index in [2.05, 4.69) is 23.5 Å². The molecule has 1 amide bonds. The second-order valence-electron chi connectivity index (χ2n) is 8.99. The van der Waals surface area contributed by atoms with E-state index in [-0.39, 0.29) is 23.6 Å². The van der Waals surface area contributed by atoms with E-state index in [1.54, 1.807) is 24.3 Å². The Bertz CT molecular complexity index is 1080. The number of carbonyl (C=O) groups excluding carboxylic acids is 1. The molecule has 172 valence electrons. The van der Waals surface area contributed by atoms with E-state index in [1.165, 1.54) is 28.3 Å². The molecule has 0 aromatic heterocycles. The highest BCUT2D eigenvalue weighted by Crippen LogP contribution is 2.27. The number of nitrogens with one attached hydrogen (secondary N) is 1. The van der Waals surface area contributed by atoms with Gasteiger partial charge < -0.3 is 5.32 Å². The average Bonchev–Trinajstić information content (AvgIpc) is 2.80. The number of amides is 1. The van der Waals surface area contributed by atoms with Crippen molar-refractivity contribution in [3.63, 3.8) is 0 Å². The lowest BCUT2D eigenvalue weighted by Gasteiger charge is -2.31. The van der Waals surface area contributed by atoms with E-state index in [0.29, 0.717) is 36.5 Å². The molecule has 1 saturated heterocycles. The summed E-state index contributed by atoms with van der Waals surface area (Å²) in [6.45, 7) is 2.74. The number of hydrogen-bond donors (Lipinski definition) is 1. The summed E-state index contributed by atoms with van der Waals surface area (Å²) in [5, 5.41) is 3.61. The van der Waals surface area contributed by atoms with Crippen LogP contribution in [0.5, 0.6) is 0 Å². The van der Waals surface area contributed by atoms with Gasteiger partial charge in [-0.25, -0.2) is 12.7 Å². The molecule has 5 nitrogen and oxygen atoms in total. The Balaban J connectivity index is 1.32. The monoisotopic (exact) mass is 474 g/mol. The van der Waals surface area contributed by atoms with Gasteiger partial charge in [0.25, 0.3) is 0 Å².